The molecule has 1 aromatic rings. The van der Waals surface area contributed by atoms with E-state index in [4.69, 9.17) is 5.73 Å². The van der Waals surface area contributed by atoms with E-state index in [0.717, 1.165) is 12.0 Å². The second-order valence-corrected chi connectivity index (χ2v) is 2.57. The molecule has 74 valence electrons. The summed E-state index contributed by atoms with van der Waals surface area (Å²) in [5.41, 5.74) is 6.56. The number of hydrogen-bond donors (Lipinski definition) is 1. The molecular weight excluding hydrogens is 165 g/mol. The van der Waals surface area contributed by atoms with Crippen LogP contribution in [0.4, 0.5) is 4.39 Å². The highest BCUT2D eigenvalue weighted by Gasteiger charge is 2.02. The van der Waals surface area contributed by atoms with E-state index in [-0.39, 0.29) is 11.9 Å². The van der Waals surface area contributed by atoms with Crippen LogP contribution in [0.5, 0.6) is 0 Å². The second kappa shape index (κ2) is 6.61. The standard InChI is InChI=1S/C9H12FN.C2H6/c1-2-9(11)7-4-3-5-8(10)6-7;1-2/h3-6,9H,2,11H2,1H3;1-2H3. The normalized spacial score (nSPS) is 11.5. The average Bonchev–Trinajstić information content (AvgIpc) is 2.20. The highest BCUT2D eigenvalue weighted by Crippen LogP contribution is 2.13. The van der Waals surface area contributed by atoms with Gasteiger partial charge in [-0.25, -0.2) is 4.39 Å². The molecule has 1 nitrogen and oxygen atoms in total. The third-order valence-corrected chi connectivity index (χ3v) is 1.72. The van der Waals surface area contributed by atoms with Crippen molar-refractivity contribution in [2.45, 2.75) is 33.2 Å². The fourth-order valence-corrected chi connectivity index (χ4v) is 0.973. The maximum Gasteiger partial charge on any atom is 0.123 e. The predicted molar refractivity (Wildman–Crippen MR) is 55.0 cm³/mol. The van der Waals surface area contributed by atoms with E-state index < -0.39 is 0 Å². The monoisotopic (exact) mass is 183 g/mol. The molecule has 2 heteroatoms. The van der Waals surface area contributed by atoms with Crippen molar-refractivity contribution in [3.63, 3.8) is 0 Å². The largest absolute Gasteiger partial charge is 0.324 e. The van der Waals surface area contributed by atoms with E-state index in [1.54, 1.807) is 6.07 Å². The van der Waals surface area contributed by atoms with Crippen LogP contribution in [0.3, 0.4) is 0 Å². The minimum Gasteiger partial charge on any atom is -0.324 e. The Bertz CT molecular complexity index is 235. The van der Waals surface area contributed by atoms with E-state index in [1.165, 1.54) is 12.1 Å². The van der Waals surface area contributed by atoms with Crippen LogP contribution in [0.25, 0.3) is 0 Å². The highest BCUT2D eigenvalue weighted by atomic mass is 19.1. The van der Waals surface area contributed by atoms with Gasteiger partial charge < -0.3 is 5.73 Å². The predicted octanol–water partition coefficient (Wildman–Crippen LogP) is 3.26. The van der Waals surface area contributed by atoms with E-state index >= 15 is 0 Å². The van der Waals surface area contributed by atoms with Crippen LogP contribution in [-0.4, -0.2) is 0 Å². The van der Waals surface area contributed by atoms with Crippen molar-refractivity contribution in [1.82, 2.24) is 0 Å². The minimum absolute atomic E-state index is 0.0364. The van der Waals surface area contributed by atoms with Gasteiger partial charge in [-0.1, -0.05) is 32.9 Å². The highest BCUT2D eigenvalue weighted by molar-refractivity contribution is 5.19. The smallest absolute Gasteiger partial charge is 0.123 e. The zero-order chi connectivity index (χ0) is 10.3. The van der Waals surface area contributed by atoms with E-state index in [2.05, 4.69) is 0 Å². The molecule has 0 saturated heterocycles. The molecular formula is C11H18FN. The Kier molecular flexibility index (Phi) is 6.15. The van der Waals surface area contributed by atoms with Crippen LogP contribution >= 0.6 is 0 Å². The van der Waals surface area contributed by atoms with Gasteiger partial charge in [-0.3, -0.25) is 0 Å². The second-order valence-electron chi connectivity index (χ2n) is 2.57. The molecule has 2 N–H and O–H groups in total. The van der Waals surface area contributed by atoms with Crippen molar-refractivity contribution >= 4 is 0 Å². The van der Waals surface area contributed by atoms with Gasteiger partial charge in [-0.05, 0) is 24.1 Å². The lowest BCUT2D eigenvalue weighted by Gasteiger charge is -2.07. The molecule has 1 aromatic carbocycles. The SMILES string of the molecule is CC.CCC(N)c1cccc(F)c1. The Hall–Kier alpha value is -0.890. The Labute approximate surface area is 79.8 Å². The van der Waals surface area contributed by atoms with Crippen LogP contribution in [0.2, 0.25) is 0 Å². The van der Waals surface area contributed by atoms with Crippen LogP contribution in [0.15, 0.2) is 24.3 Å². The molecule has 0 spiro atoms. The maximum absolute atomic E-state index is 12.6. The quantitative estimate of drug-likeness (QED) is 0.748. The molecule has 0 aliphatic carbocycles. The van der Waals surface area contributed by atoms with Gasteiger partial charge in [0.15, 0.2) is 0 Å². The zero-order valence-corrected chi connectivity index (χ0v) is 8.55. The molecule has 13 heavy (non-hydrogen) atoms. The molecule has 0 radical (unpaired) electrons. The summed E-state index contributed by atoms with van der Waals surface area (Å²) in [6.45, 7) is 5.98. The zero-order valence-electron chi connectivity index (χ0n) is 8.55. The van der Waals surface area contributed by atoms with Crippen LogP contribution < -0.4 is 5.73 Å². The molecule has 0 aromatic heterocycles. The summed E-state index contributed by atoms with van der Waals surface area (Å²) in [7, 11) is 0. The number of rotatable bonds is 2. The minimum atomic E-state index is -0.216. The first-order valence-corrected chi connectivity index (χ1v) is 4.75. The lowest BCUT2D eigenvalue weighted by Crippen LogP contribution is -2.08. The van der Waals surface area contributed by atoms with E-state index in [9.17, 15) is 4.39 Å². The van der Waals surface area contributed by atoms with Gasteiger partial charge in [-0.15, -0.1) is 0 Å². The van der Waals surface area contributed by atoms with E-state index in [0.29, 0.717) is 0 Å². The summed E-state index contributed by atoms with van der Waals surface area (Å²) in [6, 6.07) is 6.39. The molecule has 0 bridgehead atoms. The summed E-state index contributed by atoms with van der Waals surface area (Å²) in [6.07, 6.45) is 0.837. The number of benzene rings is 1. The van der Waals surface area contributed by atoms with Crippen molar-refractivity contribution in [3.8, 4) is 0 Å². The fraction of sp³-hybridized carbons (Fsp3) is 0.455. The lowest BCUT2D eigenvalue weighted by atomic mass is 10.1. The molecule has 0 amide bonds. The van der Waals surface area contributed by atoms with Gasteiger partial charge in [0, 0.05) is 6.04 Å². The Morgan fingerprint density at radius 2 is 2.00 bits per heavy atom. The number of halogens is 1. The van der Waals surface area contributed by atoms with Crippen molar-refractivity contribution in [1.29, 1.82) is 0 Å². The third kappa shape index (κ3) is 4.04. The Morgan fingerprint density at radius 3 is 2.46 bits per heavy atom. The Morgan fingerprint density at radius 1 is 1.38 bits per heavy atom. The van der Waals surface area contributed by atoms with Crippen molar-refractivity contribution in [2.24, 2.45) is 5.73 Å². The molecule has 0 aliphatic heterocycles. The fourth-order valence-electron chi connectivity index (χ4n) is 0.973. The van der Waals surface area contributed by atoms with Gasteiger partial charge in [0.2, 0.25) is 0 Å². The maximum atomic E-state index is 12.6. The molecule has 1 unspecified atom stereocenters. The van der Waals surface area contributed by atoms with E-state index in [1.807, 2.05) is 26.8 Å². The van der Waals surface area contributed by atoms with Crippen molar-refractivity contribution in [2.75, 3.05) is 0 Å². The lowest BCUT2D eigenvalue weighted by molar-refractivity contribution is 0.616. The van der Waals surface area contributed by atoms with Gasteiger partial charge >= 0.3 is 0 Å². The van der Waals surface area contributed by atoms with Crippen LogP contribution in [0, 0.1) is 5.82 Å². The summed E-state index contributed by atoms with van der Waals surface area (Å²) < 4.78 is 12.6. The summed E-state index contributed by atoms with van der Waals surface area (Å²) in [5, 5.41) is 0. The van der Waals surface area contributed by atoms with Gasteiger partial charge in [0.05, 0.1) is 0 Å². The van der Waals surface area contributed by atoms with Crippen molar-refractivity contribution in [3.05, 3.63) is 35.6 Å². The molecule has 1 rings (SSSR count). The first kappa shape index (κ1) is 12.1. The molecule has 0 saturated carbocycles. The van der Waals surface area contributed by atoms with Crippen molar-refractivity contribution < 1.29 is 4.39 Å². The van der Waals surface area contributed by atoms with Gasteiger partial charge in [-0.2, -0.15) is 0 Å². The number of nitrogens with two attached hydrogens (primary N) is 1. The summed E-state index contributed by atoms with van der Waals surface area (Å²) >= 11 is 0. The Balaban J connectivity index is 0.000000671. The molecule has 1 atom stereocenters. The first-order valence-electron chi connectivity index (χ1n) is 4.75. The third-order valence-electron chi connectivity index (χ3n) is 1.72. The first-order chi connectivity index (χ1) is 6.24. The van der Waals surface area contributed by atoms with Gasteiger partial charge in [0.25, 0.3) is 0 Å². The summed E-state index contributed by atoms with van der Waals surface area (Å²) in [4.78, 5) is 0. The molecule has 0 fully saturated rings. The summed E-state index contributed by atoms with van der Waals surface area (Å²) in [5.74, 6) is -0.216. The number of hydrogen-bond acceptors (Lipinski definition) is 1. The molecule has 0 heterocycles. The van der Waals surface area contributed by atoms with Crippen LogP contribution in [0.1, 0.15) is 38.8 Å². The average molecular weight is 183 g/mol. The topological polar surface area (TPSA) is 26.0 Å². The molecule has 0 aliphatic rings. The van der Waals surface area contributed by atoms with Crippen LogP contribution in [-0.2, 0) is 0 Å². The van der Waals surface area contributed by atoms with Gasteiger partial charge in [0.1, 0.15) is 5.82 Å².